The lowest BCUT2D eigenvalue weighted by Crippen LogP contribution is -2.33. The summed E-state index contributed by atoms with van der Waals surface area (Å²) in [5.41, 5.74) is 2.42. The van der Waals surface area contributed by atoms with Crippen LogP contribution in [0.4, 0.5) is 11.4 Å². The van der Waals surface area contributed by atoms with Gasteiger partial charge in [0, 0.05) is 30.9 Å². The van der Waals surface area contributed by atoms with Crippen molar-refractivity contribution in [2.75, 3.05) is 11.9 Å². The van der Waals surface area contributed by atoms with Crippen molar-refractivity contribution in [1.29, 1.82) is 0 Å². The fraction of sp³-hybridized carbons (Fsp3) is 0.600. The molecule has 4 heteroatoms. The summed E-state index contributed by atoms with van der Waals surface area (Å²) in [6.07, 6.45) is 7.22. The van der Waals surface area contributed by atoms with Crippen LogP contribution in [-0.2, 0) is 6.42 Å². The van der Waals surface area contributed by atoms with Crippen LogP contribution in [0.5, 0.6) is 0 Å². The van der Waals surface area contributed by atoms with Gasteiger partial charge in [-0.25, -0.2) is 0 Å². The number of benzene rings is 1. The van der Waals surface area contributed by atoms with Crippen molar-refractivity contribution in [3.8, 4) is 0 Å². The molecular weight excluding hydrogens is 240 g/mol. The molecule has 0 atom stereocenters. The third-order valence-corrected chi connectivity index (χ3v) is 4.16. The molecule has 1 aliphatic rings. The lowest BCUT2D eigenvalue weighted by Gasteiger charge is -2.34. The molecule has 0 bridgehead atoms. The molecule has 1 aromatic carbocycles. The summed E-state index contributed by atoms with van der Waals surface area (Å²) in [6, 6.07) is 5.83. The van der Waals surface area contributed by atoms with Gasteiger partial charge in [-0.15, -0.1) is 0 Å². The molecule has 104 valence electrons. The fourth-order valence-corrected chi connectivity index (χ4v) is 2.98. The van der Waals surface area contributed by atoms with Crippen molar-refractivity contribution >= 4 is 11.4 Å². The largest absolute Gasteiger partial charge is 0.371 e. The Morgan fingerprint density at radius 1 is 1.32 bits per heavy atom. The number of hydrogen-bond acceptors (Lipinski definition) is 3. The van der Waals surface area contributed by atoms with Crippen LogP contribution >= 0.6 is 0 Å². The Morgan fingerprint density at radius 3 is 2.58 bits per heavy atom. The number of anilines is 1. The molecule has 0 N–H and O–H groups in total. The van der Waals surface area contributed by atoms with Gasteiger partial charge in [-0.05, 0) is 30.9 Å². The number of nitrogens with zero attached hydrogens (tertiary/aromatic N) is 2. The Morgan fingerprint density at radius 2 is 2.00 bits per heavy atom. The fourth-order valence-electron chi connectivity index (χ4n) is 2.98. The Hall–Kier alpha value is -1.58. The topological polar surface area (TPSA) is 46.4 Å². The van der Waals surface area contributed by atoms with Gasteiger partial charge in [0.1, 0.15) is 0 Å². The third kappa shape index (κ3) is 3.06. The van der Waals surface area contributed by atoms with Crippen molar-refractivity contribution < 1.29 is 4.92 Å². The normalized spacial score (nSPS) is 16.3. The van der Waals surface area contributed by atoms with Crippen molar-refractivity contribution in [3.63, 3.8) is 0 Å². The summed E-state index contributed by atoms with van der Waals surface area (Å²) in [6.45, 7) is 2.05. The van der Waals surface area contributed by atoms with Crippen LogP contribution in [0.25, 0.3) is 0 Å². The maximum atomic E-state index is 10.8. The molecule has 0 spiro atoms. The molecule has 19 heavy (non-hydrogen) atoms. The predicted octanol–water partition coefficient (Wildman–Crippen LogP) is 3.93. The van der Waals surface area contributed by atoms with E-state index in [2.05, 4.69) is 18.9 Å². The number of aryl methyl sites for hydroxylation is 1. The summed E-state index contributed by atoms with van der Waals surface area (Å²) in [5, 5.41) is 10.8. The van der Waals surface area contributed by atoms with Gasteiger partial charge >= 0.3 is 0 Å². The van der Waals surface area contributed by atoms with E-state index in [9.17, 15) is 10.1 Å². The molecule has 2 rings (SSSR count). The first-order valence-corrected chi connectivity index (χ1v) is 7.13. The summed E-state index contributed by atoms with van der Waals surface area (Å²) in [4.78, 5) is 12.8. The molecule has 1 aliphatic carbocycles. The van der Waals surface area contributed by atoms with Crippen LogP contribution in [0.3, 0.4) is 0 Å². The first-order chi connectivity index (χ1) is 9.13. The number of nitro benzene ring substituents is 1. The van der Waals surface area contributed by atoms with Crippen molar-refractivity contribution in [3.05, 3.63) is 33.9 Å². The van der Waals surface area contributed by atoms with Gasteiger partial charge in [0.05, 0.1) is 4.92 Å². The van der Waals surface area contributed by atoms with E-state index in [0.717, 1.165) is 17.7 Å². The Bertz CT molecular complexity index is 453. The van der Waals surface area contributed by atoms with E-state index in [0.29, 0.717) is 6.04 Å². The van der Waals surface area contributed by atoms with Gasteiger partial charge in [0.25, 0.3) is 5.69 Å². The Labute approximate surface area is 114 Å². The lowest BCUT2D eigenvalue weighted by atomic mass is 9.93. The summed E-state index contributed by atoms with van der Waals surface area (Å²) < 4.78 is 0. The summed E-state index contributed by atoms with van der Waals surface area (Å²) >= 11 is 0. The Kier molecular flexibility index (Phi) is 4.40. The predicted molar refractivity (Wildman–Crippen MR) is 77.8 cm³/mol. The molecule has 1 saturated carbocycles. The number of nitro groups is 1. The van der Waals surface area contributed by atoms with Crippen LogP contribution in [-0.4, -0.2) is 18.0 Å². The SMILES string of the molecule is CCc1cc([N+](=O)[O-])ccc1N(C)C1CCCCC1. The lowest BCUT2D eigenvalue weighted by molar-refractivity contribution is -0.384. The summed E-state index contributed by atoms with van der Waals surface area (Å²) in [5.74, 6) is 0. The number of hydrogen-bond donors (Lipinski definition) is 0. The summed E-state index contributed by atoms with van der Waals surface area (Å²) in [7, 11) is 2.12. The highest BCUT2D eigenvalue weighted by Gasteiger charge is 2.21. The Balaban J connectivity index is 2.25. The molecule has 0 heterocycles. The van der Waals surface area contributed by atoms with Gasteiger partial charge in [0.2, 0.25) is 0 Å². The molecule has 0 amide bonds. The minimum atomic E-state index is -0.316. The molecule has 1 fully saturated rings. The highest BCUT2D eigenvalue weighted by molar-refractivity contribution is 5.58. The van der Waals surface area contributed by atoms with Crippen LogP contribution in [0, 0.1) is 10.1 Å². The zero-order valence-electron chi connectivity index (χ0n) is 11.8. The average molecular weight is 262 g/mol. The highest BCUT2D eigenvalue weighted by Crippen LogP contribution is 2.30. The van der Waals surface area contributed by atoms with Gasteiger partial charge in [-0.3, -0.25) is 10.1 Å². The number of rotatable bonds is 4. The van der Waals surface area contributed by atoms with Crippen molar-refractivity contribution in [2.24, 2.45) is 0 Å². The minimum Gasteiger partial charge on any atom is -0.371 e. The van der Waals surface area contributed by atoms with Crippen LogP contribution in [0.15, 0.2) is 18.2 Å². The second-order valence-corrected chi connectivity index (χ2v) is 5.33. The zero-order valence-corrected chi connectivity index (χ0v) is 11.8. The second-order valence-electron chi connectivity index (χ2n) is 5.33. The smallest absolute Gasteiger partial charge is 0.269 e. The van der Waals surface area contributed by atoms with E-state index in [4.69, 9.17) is 0 Å². The van der Waals surface area contributed by atoms with Gasteiger partial charge < -0.3 is 4.90 Å². The van der Waals surface area contributed by atoms with Gasteiger partial charge in [0.15, 0.2) is 0 Å². The molecule has 0 radical (unpaired) electrons. The maximum absolute atomic E-state index is 10.8. The molecule has 4 nitrogen and oxygen atoms in total. The minimum absolute atomic E-state index is 0.192. The van der Waals surface area contributed by atoms with Crippen molar-refractivity contribution in [2.45, 2.75) is 51.5 Å². The monoisotopic (exact) mass is 262 g/mol. The maximum Gasteiger partial charge on any atom is 0.269 e. The standard InChI is InChI=1S/C15H22N2O2/c1-3-12-11-14(17(18)19)9-10-15(12)16(2)13-7-5-4-6-8-13/h9-11,13H,3-8H2,1-2H3. The molecular formula is C15H22N2O2. The molecule has 0 aliphatic heterocycles. The van der Waals surface area contributed by atoms with Gasteiger partial charge in [-0.2, -0.15) is 0 Å². The molecule has 0 unspecified atom stereocenters. The van der Waals surface area contributed by atoms with E-state index in [1.165, 1.54) is 32.1 Å². The quantitative estimate of drug-likeness (QED) is 0.610. The average Bonchev–Trinajstić information content (AvgIpc) is 2.46. The van der Waals surface area contributed by atoms with E-state index in [-0.39, 0.29) is 10.6 Å². The first-order valence-electron chi connectivity index (χ1n) is 7.13. The molecule has 0 aromatic heterocycles. The third-order valence-electron chi connectivity index (χ3n) is 4.16. The van der Waals surface area contributed by atoms with E-state index in [1.807, 2.05) is 6.07 Å². The first kappa shape index (κ1) is 13.8. The van der Waals surface area contributed by atoms with Gasteiger partial charge in [-0.1, -0.05) is 26.2 Å². The molecule has 0 saturated heterocycles. The van der Waals surface area contributed by atoms with Crippen LogP contribution < -0.4 is 4.90 Å². The van der Waals surface area contributed by atoms with Crippen LogP contribution in [0.1, 0.15) is 44.6 Å². The highest BCUT2D eigenvalue weighted by atomic mass is 16.6. The zero-order chi connectivity index (χ0) is 13.8. The van der Waals surface area contributed by atoms with E-state index in [1.54, 1.807) is 12.1 Å². The molecule has 1 aromatic rings. The van der Waals surface area contributed by atoms with Crippen molar-refractivity contribution in [1.82, 2.24) is 0 Å². The number of non-ortho nitro benzene ring substituents is 1. The second kappa shape index (κ2) is 6.04. The van der Waals surface area contributed by atoms with E-state index < -0.39 is 0 Å². The van der Waals surface area contributed by atoms with E-state index >= 15 is 0 Å². The van der Waals surface area contributed by atoms with Crippen LogP contribution in [0.2, 0.25) is 0 Å².